The van der Waals surface area contributed by atoms with Crippen LogP contribution in [0.15, 0.2) is 24.3 Å². The lowest BCUT2D eigenvalue weighted by Gasteiger charge is -2.22. The van der Waals surface area contributed by atoms with Crippen molar-refractivity contribution in [2.24, 2.45) is 17.3 Å². The van der Waals surface area contributed by atoms with Crippen molar-refractivity contribution in [3.05, 3.63) is 29.8 Å². The van der Waals surface area contributed by atoms with Crippen LogP contribution < -0.4 is 10.1 Å². The van der Waals surface area contributed by atoms with Crippen LogP contribution in [0.25, 0.3) is 0 Å². The average molecular weight is 313 g/mol. The zero-order valence-electron chi connectivity index (χ0n) is 13.7. The normalized spacial score (nSPS) is 23.8. The van der Waals surface area contributed by atoms with Crippen LogP contribution in [0.1, 0.15) is 19.4 Å². The van der Waals surface area contributed by atoms with E-state index in [4.69, 9.17) is 10.00 Å². The summed E-state index contributed by atoms with van der Waals surface area (Å²) in [7, 11) is 0. The van der Waals surface area contributed by atoms with Crippen molar-refractivity contribution >= 4 is 6.03 Å². The van der Waals surface area contributed by atoms with Crippen LogP contribution in [0.5, 0.6) is 5.75 Å². The molecule has 2 fully saturated rings. The summed E-state index contributed by atoms with van der Waals surface area (Å²) in [6, 6.07) is 9.60. The Morgan fingerprint density at radius 2 is 2.00 bits per heavy atom. The van der Waals surface area contributed by atoms with Gasteiger partial charge in [-0.1, -0.05) is 26.0 Å². The maximum Gasteiger partial charge on any atom is 0.317 e. The van der Waals surface area contributed by atoms with E-state index in [0.717, 1.165) is 24.4 Å². The predicted molar refractivity (Wildman–Crippen MR) is 87.0 cm³/mol. The minimum atomic E-state index is 0.0148. The first-order valence-electron chi connectivity index (χ1n) is 8.14. The van der Waals surface area contributed by atoms with E-state index in [1.807, 2.05) is 29.2 Å². The molecule has 1 aliphatic heterocycles. The van der Waals surface area contributed by atoms with Gasteiger partial charge in [-0.3, -0.25) is 0 Å². The Hall–Kier alpha value is -2.22. The number of hydrogen-bond acceptors (Lipinski definition) is 3. The molecule has 0 aromatic heterocycles. The molecule has 5 heteroatoms. The summed E-state index contributed by atoms with van der Waals surface area (Å²) < 4.78 is 5.60. The van der Waals surface area contributed by atoms with Crippen molar-refractivity contribution in [1.29, 1.82) is 5.26 Å². The molecule has 1 saturated carbocycles. The van der Waals surface area contributed by atoms with Crippen LogP contribution in [0.4, 0.5) is 4.79 Å². The Morgan fingerprint density at radius 3 is 2.61 bits per heavy atom. The SMILES string of the molecule is CC1(C)C2CN(C(=O)NCCOc3ccc(CC#N)cc3)CC21. The molecule has 23 heavy (non-hydrogen) atoms. The van der Waals surface area contributed by atoms with Crippen LogP contribution in [0.3, 0.4) is 0 Å². The van der Waals surface area contributed by atoms with Gasteiger partial charge < -0.3 is 15.0 Å². The number of amides is 2. The molecule has 5 nitrogen and oxygen atoms in total. The lowest BCUT2D eigenvalue weighted by Crippen LogP contribution is -2.42. The zero-order valence-corrected chi connectivity index (χ0v) is 13.7. The highest BCUT2D eigenvalue weighted by Crippen LogP contribution is 2.61. The Balaban J connectivity index is 1.34. The van der Waals surface area contributed by atoms with Crippen molar-refractivity contribution in [1.82, 2.24) is 10.2 Å². The second kappa shape index (κ2) is 6.11. The number of nitriles is 1. The van der Waals surface area contributed by atoms with E-state index in [0.29, 0.717) is 36.8 Å². The first-order chi connectivity index (χ1) is 11.0. The first-order valence-corrected chi connectivity index (χ1v) is 8.14. The van der Waals surface area contributed by atoms with E-state index in [-0.39, 0.29) is 6.03 Å². The number of hydrogen-bond donors (Lipinski definition) is 1. The zero-order chi connectivity index (χ0) is 16.4. The molecule has 3 rings (SSSR count). The van der Waals surface area contributed by atoms with Crippen LogP contribution in [-0.4, -0.2) is 37.2 Å². The fraction of sp³-hybridized carbons (Fsp3) is 0.556. The van der Waals surface area contributed by atoms with Gasteiger partial charge in [0, 0.05) is 13.1 Å². The van der Waals surface area contributed by atoms with Crippen LogP contribution in [0, 0.1) is 28.6 Å². The molecule has 0 spiro atoms. The Bertz CT molecular complexity index is 604. The number of fused-ring (bicyclic) bond motifs is 1. The summed E-state index contributed by atoms with van der Waals surface area (Å²) in [5.41, 5.74) is 1.40. The molecule has 1 heterocycles. The van der Waals surface area contributed by atoms with E-state index < -0.39 is 0 Å². The molecule has 2 amide bonds. The van der Waals surface area contributed by atoms with Gasteiger partial charge in [0.05, 0.1) is 19.0 Å². The fourth-order valence-electron chi connectivity index (χ4n) is 3.53. The van der Waals surface area contributed by atoms with E-state index in [9.17, 15) is 4.79 Å². The maximum absolute atomic E-state index is 12.1. The Morgan fingerprint density at radius 1 is 1.35 bits per heavy atom. The van der Waals surface area contributed by atoms with Gasteiger partial charge in [-0.05, 0) is 34.9 Å². The molecule has 0 radical (unpaired) electrons. The number of rotatable bonds is 5. The summed E-state index contributed by atoms with van der Waals surface area (Å²) >= 11 is 0. The molecular formula is C18H23N3O2. The van der Waals surface area contributed by atoms with Gasteiger partial charge in [0.1, 0.15) is 12.4 Å². The number of urea groups is 1. The second-order valence-corrected chi connectivity index (χ2v) is 7.00. The standard InChI is InChI=1S/C18H23N3O2/c1-18(2)15-11-21(12-16(15)18)17(22)20-9-10-23-14-5-3-13(4-6-14)7-8-19/h3-6,15-16H,7,9-12H2,1-2H3,(H,20,22). The minimum Gasteiger partial charge on any atom is -0.492 e. The number of carbonyl (C=O) groups is 1. The minimum absolute atomic E-state index is 0.0148. The lowest BCUT2D eigenvalue weighted by atomic mass is 10.1. The summed E-state index contributed by atoms with van der Waals surface area (Å²) in [6.07, 6.45) is 0.408. The van der Waals surface area contributed by atoms with Gasteiger partial charge >= 0.3 is 6.03 Å². The van der Waals surface area contributed by atoms with Crippen molar-refractivity contribution < 1.29 is 9.53 Å². The molecule has 1 N–H and O–H groups in total. The van der Waals surface area contributed by atoms with E-state index in [1.165, 1.54) is 0 Å². The molecule has 2 unspecified atom stereocenters. The molecule has 1 aliphatic carbocycles. The highest BCUT2D eigenvalue weighted by atomic mass is 16.5. The molecule has 0 bridgehead atoms. The van der Waals surface area contributed by atoms with Gasteiger partial charge in [0.15, 0.2) is 0 Å². The quantitative estimate of drug-likeness (QED) is 0.849. The highest BCUT2D eigenvalue weighted by Gasteiger charge is 2.62. The molecular weight excluding hydrogens is 290 g/mol. The number of nitrogens with one attached hydrogen (secondary N) is 1. The summed E-state index contributed by atoms with van der Waals surface area (Å²) in [4.78, 5) is 14.0. The van der Waals surface area contributed by atoms with Crippen molar-refractivity contribution in [2.75, 3.05) is 26.2 Å². The Kier molecular flexibility index (Phi) is 4.16. The molecule has 2 aliphatic rings. The topological polar surface area (TPSA) is 65.4 Å². The third kappa shape index (κ3) is 3.26. The number of nitrogens with zero attached hydrogens (tertiary/aromatic N) is 2. The van der Waals surface area contributed by atoms with Crippen LogP contribution in [-0.2, 0) is 6.42 Å². The van der Waals surface area contributed by atoms with Gasteiger partial charge in [0.25, 0.3) is 0 Å². The average Bonchev–Trinajstić information content (AvgIpc) is 2.92. The van der Waals surface area contributed by atoms with Gasteiger partial charge in [-0.2, -0.15) is 5.26 Å². The van der Waals surface area contributed by atoms with Gasteiger partial charge in [-0.25, -0.2) is 4.79 Å². The Labute approximate surface area is 137 Å². The third-order valence-corrected chi connectivity index (χ3v) is 5.26. The first kappa shape index (κ1) is 15.7. The summed E-state index contributed by atoms with van der Waals surface area (Å²) in [6.45, 7) is 7.26. The number of ether oxygens (including phenoxy) is 1. The van der Waals surface area contributed by atoms with Gasteiger partial charge in [0.2, 0.25) is 0 Å². The smallest absolute Gasteiger partial charge is 0.317 e. The largest absolute Gasteiger partial charge is 0.492 e. The summed E-state index contributed by atoms with van der Waals surface area (Å²) in [5, 5.41) is 11.5. The predicted octanol–water partition coefficient (Wildman–Crippen LogP) is 2.43. The van der Waals surface area contributed by atoms with E-state index >= 15 is 0 Å². The van der Waals surface area contributed by atoms with Crippen molar-refractivity contribution in [2.45, 2.75) is 20.3 Å². The van der Waals surface area contributed by atoms with Crippen molar-refractivity contribution in [3.8, 4) is 11.8 Å². The number of benzene rings is 1. The number of piperidine rings is 1. The lowest BCUT2D eigenvalue weighted by molar-refractivity contribution is 0.193. The van der Waals surface area contributed by atoms with Crippen LogP contribution >= 0.6 is 0 Å². The molecule has 2 atom stereocenters. The monoisotopic (exact) mass is 313 g/mol. The number of carbonyl (C=O) groups excluding carboxylic acids is 1. The number of likely N-dealkylation sites (tertiary alicyclic amines) is 1. The van der Waals surface area contributed by atoms with E-state index in [2.05, 4.69) is 25.2 Å². The fourth-order valence-corrected chi connectivity index (χ4v) is 3.53. The molecule has 1 aromatic carbocycles. The van der Waals surface area contributed by atoms with E-state index in [1.54, 1.807) is 0 Å². The third-order valence-electron chi connectivity index (χ3n) is 5.26. The summed E-state index contributed by atoms with van der Waals surface area (Å²) in [5.74, 6) is 2.11. The maximum atomic E-state index is 12.1. The molecule has 122 valence electrons. The van der Waals surface area contributed by atoms with Crippen LogP contribution in [0.2, 0.25) is 0 Å². The molecule has 1 aromatic rings. The molecule has 1 saturated heterocycles. The van der Waals surface area contributed by atoms with Gasteiger partial charge in [-0.15, -0.1) is 0 Å². The second-order valence-electron chi connectivity index (χ2n) is 7.00. The highest BCUT2D eigenvalue weighted by molar-refractivity contribution is 5.74. The van der Waals surface area contributed by atoms with Crippen molar-refractivity contribution in [3.63, 3.8) is 0 Å².